The number of carbonyl (C=O) groups excluding carboxylic acids is 2. The average molecular weight is 248 g/mol. The first kappa shape index (κ1) is 14.4. The van der Waals surface area contributed by atoms with E-state index in [0.717, 1.165) is 12.0 Å². The number of hydrogen-bond acceptors (Lipinski definition) is 3. The second-order valence-electron chi connectivity index (χ2n) is 4.59. The van der Waals surface area contributed by atoms with Crippen LogP contribution in [0, 0.1) is 0 Å². The molecule has 0 saturated heterocycles. The van der Waals surface area contributed by atoms with Crippen LogP contribution in [0.5, 0.6) is 0 Å². The summed E-state index contributed by atoms with van der Waals surface area (Å²) >= 11 is 0. The Morgan fingerprint density at radius 2 is 1.83 bits per heavy atom. The standard InChI is InChI=1S/C15H20O3/c1-4-11(2)14-7-5-13(6-8-14)10-18-15(17)9-12(3)16/h5-8,11H,4,9-10H2,1-3H3. The minimum Gasteiger partial charge on any atom is -0.460 e. The van der Waals surface area contributed by atoms with Gasteiger partial charge in [0, 0.05) is 0 Å². The van der Waals surface area contributed by atoms with Crippen molar-refractivity contribution in [3.05, 3.63) is 35.4 Å². The van der Waals surface area contributed by atoms with Crippen LogP contribution >= 0.6 is 0 Å². The Labute approximate surface area is 108 Å². The second kappa shape index (κ2) is 6.94. The monoisotopic (exact) mass is 248 g/mol. The fraction of sp³-hybridized carbons (Fsp3) is 0.467. The molecule has 0 aliphatic heterocycles. The van der Waals surface area contributed by atoms with Crippen molar-refractivity contribution in [2.45, 2.75) is 46.1 Å². The van der Waals surface area contributed by atoms with E-state index < -0.39 is 5.97 Å². The zero-order valence-corrected chi connectivity index (χ0v) is 11.2. The third-order valence-corrected chi connectivity index (χ3v) is 2.95. The molecule has 0 radical (unpaired) electrons. The van der Waals surface area contributed by atoms with E-state index in [-0.39, 0.29) is 18.8 Å². The highest BCUT2D eigenvalue weighted by atomic mass is 16.5. The van der Waals surface area contributed by atoms with Crippen molar-refractivity contribution in [1.29, 1.82) is 0 Å². The molecule has 0 aliphatic rings. The SMILES string of the molecule is CCC(C)c1ccc(COC(=O)CC(C)=O)cc1. The molecule has 18 heavy (non-hydrogen) atoms. The molecular weight excluding hydrogens is 228 g/mol. The topological polar surface area (TPSA) is 43.4 Å². The van der Waals surface area contributed by atoms with Gasteiger partial charge in [-0.25, -0.2) is 0 Å². The van der Waals surface area contributed by atoms with Crippen LogP contribution in [0.1, 0.15) is 50.7 Å². The summed E-state index contributed by atoms with van der Waals surface area (Å²) in [7, 11) is 0. The smallest absolute Gasteiger partial charge is 0.313 e. The van der Waals surface area contributed by atoms with E-state index in [1.165, 1.54) is 12.5 Å². The van der Waals surface area contributed by atoms with E-state index in [2.05, 4.69) is 26.0 Å². The highest BCUT2D eigenvalue weighted by Gasteiger charge is 2.07. The number of rotatable bonds is 6. The maximum atomic E-state index is 11.2. The van der Waals surface area contributed by atoms with E-state index in [4.69, 9.17) is 4.74 Å². The van der Waals surface area contributed by atoms with E-state index >= 15 is 0 Å². The molecule has 3 nitrogen and oxygen atoms in total. The summed E-state index contributed by atoms with van der Waals surface area (Å²) in [5.74, 6) is -0.0973. The molecule has 1 rings (SSSR count). The predicted octanol–water partition coefficient (Wildman–Crippen LogP) is 3.22. The van der Waals surface area contributed by atoms with E-state index in [9.17, 15) is 9.59 Å². The van der Waals surface area contributed by atoms with Crippen LogP contribution < -0.4 is 0 Å². The van der Waals surface area contributed by atoms with Crippen LogP contribution in [0.15, 0.2) is 24.3 Å². The molecule has 0 saturated carbocycles. The molecule has 0 amide bonds. The Bertz CT molecular complexity index is 406. The van der Waals surface area contributed by atoms with Gasteiger partial charge >= 0.3 is 5.97 Å². The van der Waals surface area contributed by atoms with Crippen LogP contribution in [0.4, 0.5) is 0 Å². The fourth-order valence-corrected chi connectivity index (χ4v) is 1.60. The highest BCUT2D eigenvalue weighted by molar-refractivity contribution is 5.94. The van der Waals surface area contributed by atoms with Gasteiger partial charge in [-0.15, -0.1) is 0 Å². The summed E-state index contributed by atoms with van der Waals surface area (Å²) in [5, 5.41) is 0. The van der Waals surface area contributed by atoms with Crippen molar-refractivity contribution in [1.82, 2.24) is 0 Å². The minimum atomic E-state index is -0.464. The summed E-state index contributed by atoms with van der Waals surface area (Å²) in [6, 6.07) is 8.04. The van der Waals surface area contributed by atoms with Crippen molar-refractivity contribution in [3.63, 3.8) is 0 Å². The molecule has 0 heterocycles. The maximum Gasteiger partial charge on any atom is 0.313 e. The van der Waals surface area contributed by atoms with Gasteiger partial charge in [-0.3, -0.25) is 9.59 Å². The zero-order chi connectivity index (χ0) is 13.5. The molecule has 1 aromatic carbocycles. The first-order chi connectivity index (χ1) is 8.52. The number of esters is 1. The van der Waals surface area contributed by atoms with Crippen molar-refractivity contribution >= 4 is 11.8 Å². The molecule has 0 aromatic heterocycles. The number of Topliss-reactive ketones (excluding diaryl/α,β-unsaturated/α-hetero) is 1. The lowest BCUT2D eigenvalue weighted by Crippen LogP contribution is -2.08. The van der Waals surface area contributed by atoms with Crippen LogP contribution in [-0.4, -0.2) is 11.8 Å². The predicted molar refractivity (Wildman–Crippen MR) is 70.2 cm³/mol. The van der Waals surface area contributed by atoms with Crippen molar-refractivity contribution in [2.24, 2.45) is 0 Å². The van der Waals surface area contributed by atoms with Gasteiger partial charge in [0.2, 0.25) is 0 Å². The van der Waals surface area contributed by atoms with Crippen LogP contribution in [0.25, 0.3) is 0 Å². The molecule has 98 valence electrons. The third kappa shape index (κ3) is 4.70. The van der Waals surface area contributed by atoms with Crippen molar-refractivity contribution in [2.75, 3.05) is 0 Å². The van der Waals surface area contributed by atoms with Gasteiger partial charge in [0.25, 0.3) is 0 Å². The Hall–Kier alpha value is -1.64. The van der Waals surface area contributed by atoms with Gasteiger partial charge < -0.3 is 4.74 Å². The lowest BCUT2D eigenvalue weighted by Gasteiger charge is -2.10. The van der Waals surface area contributed by atoms with Gasteiger partial charge in [0.05, 0.1) is 0 Å². The molecule has 0 aliphatic carbocycles. The lowest BCUT2D eigenvalue weighted by molar-refractivity contribution is -0.146. The van der Waals surface area contributed by atoms with Crippen LogP contribution in [-0.2, 0) is 20.9 Å². The third-order valence-electron chi connectivity index (χ3n) is 2.95. The lowest BCUT2D eigenvalue weighted by atomic mass is 9.98. The Morgan fingerprint density at radius 3 is 2.33 bits per heavy atom. The Kier molecular flexibility index (Phi) is 5.56. The summed E-state index contributed by atoms with van der Waals surface area (Å²) in [6.45, 7) is 5.94. The summed E-state index contributed by atoms with van der Waals surface area (Å²) < 4.78 is 5.01. The molecule has 0 N–H and O–H groups in total. The summed E-state index contributed by atoms with van der Waals surface area (Å²) in [5.41, 5.74) is 2.23. The number of carbonyl (C=O) groups is 2. The molecule has 0 spiro atoms. The molecule has 1 unspecified atom stereocenters. The molecular formula is C15H20O3. The van der Waals surface area contributed by atoms with E-state index in [0.29, 0.717) is 5.92 Å². The van der Waals surface area contributed by atoms with Gasteiger partial charge in [0.15, 0.2) is 0 Å². The van der Waals surface area contributed by atoms with E-state index in [1.54, 1.807) is 0 Å². The summed E-state index contributed by atoms with van der Waals surface area (Å²) in [4.78, 5) is 21.9. The molecule has 1 atom stereocenters. The van der Waals surface area contributed by atoms with Gasteiger partial charge in [0.1, 0.15) is 18.8 Å². The first-order valence-corrected chi connectivity index (χ1v) is 6.26. The van der Waals surface area contributed by atoms with Crippen molar-refractivity contribution in [3.8, 4) is 0 Å². The first-order valence-electron chi connectivity index (χ1n) is 6.26. The quantitative estimate of drug-likeness (QED) is 0.573. The van der Waals surface area contributed by atoms with E-state index in [1.807, 2.05) is 12.1 Å². The van der Waals surface area contributed by atoms with Gasteiger partial charge in [-0.2, -0.15) is 0 Å². The molecule has 1 aromatic rings. The summed E-state index contributed by atoms with van der Waals surface area (Å²) in [6.07, 6.45) is 0.956. The normalized spacial score (nSPS) is 11.9. The van der Waals surface area contributed by atoms with Crippen molar-refractivity contribution < 1.29 is 14.3 Å². The largest absolute Gasteiger partial charge is 0.460 e. The highest BCUT2D eigenvalue weighted by Crippen LogP contribution is 2.19. The number of benzene rings is 1. The van der Waals surface area contributed by atoms with Gasteiger partial charge in [-0.1, -0.05) is 38.1 Å². The molecule has 3 heteroatoms. The Balaban J connectivity index is 2.49. The Morgan fingerprint density at radius 1 is 1.22 bits per heavy atom. The second-order valence-corrected chi connectivity index (χ2v) is 4.59. The fourth-order valence-electron chi connectivity index (χ4n) is 1.60. The number of hydrogen-bond donors (Lipinski definition) is 0. The number of ether oxygens (including phenoxy) is 1. The maximum absolute atomic E-state index is 11.2. The molecule has 0 fully saturated rings. The van der Waals surface area contributed by atoms with Gasteiger partial charge in [-0.05, 0) is 30.4 Å². The van der Waals surface area contributed by atoms with Crippen LogP contribution in [0.3, 0.4) is 0 Å². The average Bonchev–Trinajstić information content (AvgIpc) is 2.35. The van der Waals surface area contributed by atoms with Crippen LogP contribution in [0.2, 0.25) is 0 Å². The molecule has 0 bridgehead atoms. The zero-order valence-electron chi connectivity index (χ0n) is 11.2. The minimum absolute atomic E-state index is 0.148. The number of ketones is 1.